The number of carbonyl (C=O) groups excluding carboxylic acids is 1. The van der Waals surface area contributed by atoms with Crippen molar-refractivity contribution in [3.05, 3.63) is 57.5 Å². The molecule has 3 aromatic rings. The number of hydrogen-bond acceptors (Lipinski definition) is 6. The third kappa shape index (κ3) is 4.32. The van der Waals surface area contributed by atoms with Crippen molar-refractivity contribution >= 4 is 28.6 Å². The van der Waals surface area contributed by atoms with Crippen molar-refractivity contribution in [3.63, 3.8) is 0 Å². The highest BCUT2D eigenvalue weighted by atomic mass is 32.2. The van der Waals surface area contributed by atoms with Crippen molar-refractivity contribution in [2.45, 2.75) is 45.2 Å². The first-order chi connectivity index (χ1) is 13.8. The lowest BCUT2D eigenvalue weighted by Gasteiger charge is -2.22. The zero-order chi connectivity index (χ0) is 21.1. The van der Waals surface area contributed by atoms with Crippen LogP contribution < -0.4 is 5.56 Å². The number of hydrogen-bond donors (Lipinski definition) is 1. The largest absolute Gasteiger partial charge is 0.331 e. The summed E-state index contributed by atoms with van der Waals surface area (Å²) in [5.74, 6) is 1.19. The van der Waals surface area contributed by atoms with E-state index < -0.39 is 0 Å². The van der Waals surface area contributed by atoms with Gasteiger partial charge >= 0.3 is 0 Å². The molecule has 0 unspecified atom stereocenters. The maximum Gasteiger partial charge on any atom is 0.258 e. The highest BCUT2D eigenvalue weighted by molar-refractivity contribution is 7.98. The predicted molar refractivity (Wildman–Crippen MR) is 115 cm³/mol. The standard InChI is InChI=1S/C21H25N5O2S/c1-6-26(11-16-23-15-10-8-7-9-14(15)19(27)24-16)21(28)17-13(4)22-18(12(2)3)25-20(17)29-5/h7-10,12H,6,11H2,1-5H3,(H,23,24,27). The lowest BCUT2D eigenvalue weighted by atomic mass is 10.1. The van der Waals surface area contributed by atoms with Gasteiger partial charge in [0.15, 0.2) is 0 Å². The van der Waals surface area contributed by atoms with Gasteiger partial charge in [-0.2, -0.15) is 0 Å². The number of aromatic nitrogens is 4. The van der Waals surface area contributed by atoms with Gasteiger partial charge < -0.3 is 9.88 Å². The van der Waals surface area contributed by atoms with Crippen LogP contribution in [0.3, 0.4) is 0 Å². The maximum atomic E-state index is 13.3. The first-order valence-electron chi connectivity index (χ1n) is 9.55. The van der Waals surface area contributed by atoms with Crippen molar-refractivity contribution < 1.29 is 4.79 Å². The molecule has 0 fully saturated rings. The van der Waals surface area contributed by atoms with E-state index in [-0.39, 0.29) is 23.9 Å². The Hall–Kier alpha value is -2.74. The topological polar surface area (TPSA) is 91.8 Å². The van der Waals surface area contributed by atoms with Gasteiger partial charge in [-0.1, -0.05) is 26.0 Å². The van der Waals surface area contributed by atoms with E-state index in [2.05, 4.69) is 19.9 Å². The van der Waals surface area contributed by atoms with Crippen LogP contribution in [0.2, 0.25) is 0 Å². The summed E-state index contributed by atoms with van der Waals surface area (Å²) in [5, 5.41) is 1.20. The summed E-state index contributed by atoms with van der Waals surface area (Å²) in [6.45, 7) is 8.46. The minimum atomic E-state index is -0.209. The van der Waals surface area contributed by atoms with Gasteiger partial charge in [0.1, 0.15) is 16.7 Å². The number of rotatable bonds is 6. The molecule has 0 aliphatic carbocycles. The Labute approximate surface area is 174 Å². The van der Waals surface area contributed by atoms with Crippen LogP contribution in [0.4, 0.5) is 0 Å². The van der Waals surface area contributed by atoms with Crippen LogP contribution in [-0.4, -0.2) is 43.5 Å². The highest BCUT2D eigenvalue weighted by Crippen LogP contribution is 2.25. The third-order valence-corrected chi connectivity index (χ3v) is 5.35. The van der Waals surface area contributed by atoms with E-state index in [1.54, 1.807) is 23.1 Å². The van der Waals surface area contributed by atoms with E-state index in [1.807, 2.05) is 40.0 Å². The highest BCUT2D eigenvalue weighted by Gasteiger charge is 2.24. The Morgan fingerprint density at radius 2 is 1.93 bits per heavy atom. The summed E-state index contributed by atoms with van der Waals surface area (Å²) >= 11 is 1.44. The van der Waals surface area contributed by atoms with Gasteiger partial charge in [-0.05, 0) is 32.2 Å². The Morgan fingerprint density at radius 3 is 2.59 bits per heavy atom. The smallest absolute Gasteiger partial charge is 0.258 e. The number of aromatic amines is 1. The molecule has 1 aromatic carbocycles. The van der Waals surface area contributed by atoms with Gasteiger partial charge in [0.05, 0.1) is 28.7 Å². The fraction of sp³-hybridized carbons (Fsp3) is 0.381. The summed E-state index contributed by atoms with van der Waals surface area (Å²) < 4.78 is 0. The van der Waals surface area contributed by atoms with Gasteiger partial charge in [-0.25, -0.2) is 15.0 Å². The minimum absolute atomic E-state index is 0.166. The first-order valence-corrected chi connectivity index (χ1v) is 10.8. The molecule has 0 saturated carbocycles. The number of amides is 1. The molecule has 8 heteroatoms. The SMILES string of the molecule is CCN(Cc1nc2ccccc2c(=O)[nH]1)C(=O)c1c(C)nc(C(C)C)nc1SC. The Kier molecular flexibility index (Phi) is 6.32. The van der Waals surface area contributed by atoms with Gasteiger partial charge in [-0.3, -0.25) is 9.59 Å². The van der Waals surface area contributed by atoms with E-state index in [4.69, 9.17) is 0 Å². The van der Waals surface area contributed by atoms with Crippen molar-refractivity contribution in [3.8, 4) is 0 Å². The Morgan fingerprint density at radius 1 is 1.21 bits per heavy atom. The zero-order valence-electron chi connectivity index (χ0n) is 17.3. The summed E-state index contributed by atoms with van der Waals surface area (Å²) in [7, 11) is 0. The number of carbonyl (C=O) groups is 1. The molecule has 1 amide bonds. The van der Waals surface area contributed by atoms with E-state index >= 15 is 0 Å². The molecule has 0 saturated heterocycles. The molecule has 7 nitrogen and oxygen atoms in total. The molecule has 0 aliphatic heterocycles. The second kappa shape index (κ2) is 8.73. The van der Waals surface area contributed by atoms with Crippen LogP contribution in [0.25, 0.3) is 10.9 Å². The molecule has 0 bridgehead atoms. The van der Waals surface area contributed by atoms with Crippen molar-refractivity contribution in [1.29, 1.82) is 0 Å². The van der Waals surface area contributed by atoms with Gasteiger partial charge in [0, 0.05) is 12.5 Å². The van der Waals surface area contributed by atoms with E-state index in [0.29, 0.717) is 39.6 Å². The molecule has 29 heavy (non-hydrogen) atoms. The van der Waals surface area contributed by atoms with Crippen molar-refractivity contribution in [1.82, 2.24) is 24.8 Å². The van der Waals surface area contributed by atoms with E-state index in [1.165, 1.54) is 11.8 Å². The third-order valence-electron chi connectivity index (χ3n) is 4.67. The number of fused-ring (bicyclic) bond motifs is 1. The van der Waals surface area contributed by atoms with Gasteiger partial charge in [0.2, 0.25) is 0 Å². The number of aryl methyl sites for hydroxylation is 1. The molecule has 0 aliphatic rings. The molecule has 2 heterocycles. The van der Waals surface area contributed by atoms with E-state index in [0.717, 1.165) is 5.82 Å². The number of benzene rings is 1. The van der Waals surface area contributed by atoms with Gasteiger partial charge in [0.25, 0.3) is 11.5 Å². The zero-order valence-corrected chi connectivity index (χ0v) is 18.1. The van der Waals surface area contributed by atoms with Crippen LogP contribution in [-0.2, 0) is 6.54 Å². The normalized spacial score (nSPS) is 11.2. The molecule has 3 rings (SSSR count). The van der Waals surface area contributed by atoms with Crippen LogP contribution in [0.1, 0.15) is 54.4 Å². The molecule has 2 aromatic heterocycles. The van der Waals surface area contributed by atoms with Crippen molar-refractivity contribution in [2.24, 2.45) is 0 Å². The summed E-state index contributed by atoms with van der Waals surface area (Å²) in [6.07, 6.45) is 1.90. The number of H-pyrrole nitrogens is 1. The molecule has 1 N–H and O–H groups in total. The lowest BCUT2D eigenvalue weighted by Crippen LogP contribution is -2.33. The number of thioether (sulfide) groups is 1. The molecule has 0 radical (unpaired) electrons. The van der Waals surface area contributed by atoms with Crippen LogP contribution in [0, 0.1) is 6.92 Å². The maximum absolute atomic E-state index is 13.3. The second-order valence-electron chi connectivity index (χ2n) is 7.06. The Bertz CT molecular complexity index is 1110. The molecule has 152 valence electrons. The van der Waals surface area contributed by atoms with Crippen LogP contribution in [0.5, 0.6) is 0 Å². The fourth-order valence-corrected chi connectivity index (χ4v) is 3.72. The minimum Gasteiger partial charge on any atom is -0.331 e. The van der Waals surface area contributed by atoms with Crippen LogP contribution >= 0.6 is 11.8 Å². The van der Waals surface area contributed by atoms with Crippen LogP contribution in [0.15, 0.2) is 34.1 Å². The molecular formula is C21H25N5O2S. The molecular weight excluding hydrogens is 386 g/mol. The van der Waals surface area contributed by atoms with Gasteiger partial charge in [-0.15, -0.1) is 11.8 Å². The summed E-state index contributed by atoms with van der Waals surface area (Å²) in [6, 6.07) is 7.16. The number of para-hydroxylation sites is 1. The fourth-order valence-electron chi connectivity index (χ4n) is 3.10. The number of nitrogens with one attached hydrogen (secondary N) is 1. The predicted octanol–water partition coefficient (Wildman–Crippen LogP) is 3.53. The van der Waals surface area contributed by atoms with Crippen molar-refractivity contribution in [2.75, 3.05) is 12.8 Å². The first kappa shape index (κ1) is 21.0. The number of nitrogens with zero attached hydrogens (tertiary/aromatic N) is 4. The summed E-state index contributed by atoms with van der Waals surface area (Å²) in [5.41, 5.74) is 1.57. The average molecular weight is 412 g/mol. The van der Waals surface area contributed by atoms with E-state index in [9.17, 15) is 9.59 Å². The monoisotopic (exact) mass is 411 g/mol. The lowest BCUT2D eigenvalue weighted by molar-refractivity contribution is 0.0742. The Balaban J connectivity index is 1.97. The molecule has 0 spiro atoms. The quantitative estimate of drug-likeness (QED) is 0.493. The summed E-state index contributed by atoms with van der Waals surface area (Å²) in [4.78, 5) is 43.7. The second-order valence-corrected chi connectivity index (χ2v) is 7.85. The molecule has 0 atom stereocenters. The average Bonchev–Trinajstić information content (AvgIpc) is 2.70.